The van der Waals surface area contributed by atoms with Crippen LogP contribution in [0.2, 0.25) is 0 Å². The van der Waals surface area contributed by atoms with Crippen molar-refractivity contribution in [3.05, 3.63) is 28.5 Å². The standard InChI is InChI=1S/C20H22BrF5N4O3S/c1-10-7-29(17(32)33-18(2,3)4)9-19(22,23)14(10)28-16(31)12-5-11(21)8-30-13(6-27-15(12)30)34-20(24,25)26/h5-6,8,10,14H,7,9H2,1-4H3,(H,28,31)/t10-,14+/m1/s1. The Bertz CT molecular complexity index is 1100. The first kappa shape index (κ1) is 26.5. The van der Waals surface area contributed by atoms with Crippen molar-refractivity contribution in [2.45, 2.75) is 55.8 Å². The number of rotatable bonds is 3. The molecule has 0 radical (unpaired) electrons. The number of alkyl halides is 5. The molecule has 2 amide bonds. The summed E-state index contributed by atoms with van der Waals surface area (Å²) in [5.41, 5.74) is -5.74. The van der Waals surface area contributed by atoms with Gasteiger partial charge in [-0.05, 0) is 48.7 Å². The predicted molar refractivity (Wildman–Crippen MR) is 118 cm³/mol. The van der Waals surface area contributed by atoms with Crippen LogP contribution >= 0.6 is 27.7 Å². The molecule has 1 aliphatic rings. The van der Waals surface area contributed by atoms with Crippen molar-refractivity contribution < 1.29 is 36.3 Å². The number of fused-ring (bicyclic) bond motifs is 1. The van der Waals surface area contributed by atoms with Gasteiger partial charge >= 0.3 is 11.6 Å². The van der Waals surface area contributed by atoms with E-state index in [2.05, 4.69) is 26.2 Å². The largest absolute Gasteiger partial charge is 0.447 e. The smallest absolute Gasteiger partial charge is 0.444 e. The summed E-state index contributed by atoms with van der Waals surface area (Å²) in [6.07, 6.45) is 1.36. The molecule has 1 N–H and O–H groups in total. The molecule has 0 bridgehead atoms. The van der Waals surface area contributed by atoms with E-state index in [1.807, 2.05) is 0 Å². The van der Waals surface area contributed by atoms with Gasteiger partial charge < -0.3 is 15.0 Å². The second-order valence-corrected chi connectivity index (χ2v) is 11.0. The minimum atomic E-state index is -4.58. The number of nitrogens with zero attached hydrogens (tertiary/aromatic N) is 3. The van der Waals surface area contributed by atoms with E-state index in [9.17, 15) is 31.5 Å². The van der Waals surface area contributed by atoms with E-state index in [1.165, 1.54) is 19.2 Å². The van der Waals surface area contributed by atoms with Crippen LogP contribution in [-0.4, -0.2) is 62.4 Å². The first-order valence-corrected chi connectivity index (χ1v) is 11.7. The van der Waals surface area contributed by atoms with Gasteiger partial charge in [0.1, 0.15) is 10.6 Å². The predicted octanol–water partition coefficient (Wildman–Crippen LogP) is 5.33. The maximum Gasteiger partial charge on any atom is 0.447 e. The van der Waals surface area contributed by atoms with Crippen molar-refractivity contribution in [1.82, 2.24) is 19.6 Å². The van der Waals surface area contributed by atoms with Crippen LogP contribution in [0.25, 0.3) is 5.65 Å². The number of pyridine rings is 1. The van der Waals surface area contributed by atoms with E-state index in [0.29, 0.717) is 0 Å². The maximum absolute atomic E-state index is 15.0. The average molecular weight is 573 g/mol. The lowest BCUT2D eigenvalue weighted by Gasteiger charge is -2.42. The number of aromatic nitrogens is 2. The molecule has 0 aliphatic carbocycles. The lowest BCUT2D eigenvalue weighted by atomic mass is 9.90. The highest BCUT2D eigenvalue weighted by atomic mass is 79.9. The number of ether oxygens (including phenoxy) is 1. The number of likely N-dealkylation sites (tertiary alicyclic amines) is 1. The molecule has 34 heavy (non-hydrogen) atoms. The normalized spacial score (nSPS) is 20.9. The van der Waals surface area contributed by atoms with Crippen molar-refractivity contribution in [3.8, 4) is 0 Å². The minimum absolute atomic E-state index is 0.0842. The molecule has 3 heterocycles. The zero-order valence-corrected chi connectivity index (χ0v) is 20.9. The van der Waals surface area contributed by atoms with Gasteiger partial charge in [0, 0.05) is 29.0 Å². The Morgan fingerprint density at radius 3 is 2.50 bits per heavy atom. The van der Waals surface area contributed by atoms with Crippen LogP contribution in [0.5, 0.6) is 0 Å². The quantitative estimate of drug-likeness (QED) is 0.397. The molecule has 2 aromatic heterocycles. The maximum atomic E-state index is 15.0. The molecular weight excluding hydrogens is 551 g/mol. The van der Waals surface area contributed by atoms with Crippen LogP contribution in [0, 0.1) is 5.92 Å². The molecule has 2 atom stereocenters. The SMILES string of the molecule is C[C@@H]1CN(C(=O)OC(C)(C)C)CC(F)(F)[C@H]1NC(=O)c1cc(Br)cn2c(SC(F)(F)F)cnc12. The van der Waals surface area contributed by atoms with E-state index in [4.69, 9.17) is 4.74 Å². The molecule has 188 valence electrons. The lowest BCUT2D eigenvalue weighted by Crippen LogP contribution is -2.63. The van der Waals surface area contributed by atoms with Gasteiger partial charge in [-0.3, -0.25) is 9.20 Å². The van der Waals surface area contributed by atoms with Crippen molar-refractivity contribution in [3.63, 3.8) is 0 Å². The fourth-order valence-corrected chi connectivity index (χ4v) is 4.63. The van der Waals surface area contributed by atoms with Crippen LogP contribution in [0.4, 0.5) is 26.7 Å². The van der Waals surface area contributed by atoms with Gasteiger partial charge in [-0.25, -0.2) is 18.6 Å². The van der Waals surface area contributed by atoms with Crippen LogP contribution < -0.4 is 5.32 Å². The Morgan fingerprint density at radius 1 is 1.29 bits per heavy atom. The average Bonchev–Trinajstić information content (AvgIpc) is 3.02. The molecule has 0 unspecified atom stereocenters. The van der Waals surface area contributed by atoms with Crippen molar-refractivity contribution >= 4 is 45.3 Å². The fraction of sp³-hybridized carbons (Fsp3) is 0.550. The summed E-state index contributed by atoms with van der Waals surface area (Å²) in [4.78, 5) is 30.0. The summed E-state index contributed by atoms with van der Waals surface area (Å²) in [6, 6.07) is -0.338. The molecule has 0 aromatic carbocycles. The number of nitrogens with one attached hydrogen (secondary N) is 1. The molecule has 1 fully saturated rings. The second kappa shape index (κ2) is 9.17. The second-order valence-electron chi connectivity index (χ2n) is 8.96. The molecule has 1 aliphatic heterocycles. The van der Waals surface area contributed by atoms with Gasteiger partial charge in [0.05, 0.1) is 24.3 Å². The van der Waals surface area contributed by atoms with E-state index < -0.39 is 59.3 Å². The van der Waals surface area contributed by atoms with Crippen molar-refractivity contribution in [1.29, 1.82) is 0 Å². The number of halogens is 6. The molecule has 14 heteroatoms. The Hall–Kier alpha value is -2.09. The molecule has 3 rings (SSSR count). The summed E-state index contributed by atoms with van der Waals surface area (Å²) < 4.78 is 75.0. The van der Waals surface area contributed by atoms with Crippen LogP contribution in [-0.2, 0) is 4.74 Å². The summed E-state index contributed by atoms with van der Waals surface area (Å²) >= 11 is 2.72. The first-order valence-electron chi connectivity index (χ1n) is 10.1. The van der Waals surface area contributed by atoms with Gasteiger partial charge in [-0.2, -0.15) is 13.2 Å². The van der Waals surface area contributed by atoms with Gasteiger partial charge in [0.25, 0.3) is 11.8 Å². The third kappa shape index (κ3) is 6.12. The summed E-state index contributed by atoms with van der Waals surface area (Å²) in [5.74, 6) is -5.26. The lowest BCUT2D eigenvalue weighted by molar-refractivity contribution is -0.106. The highest BCUT2D eigenvalue weighted by molar-refractivity contribution is 9.10. The fourth-order valence-electron chi connectivity index (χ4n) is 3.61. The summed E-state index contributed by atoms with van der Waals surface area (Å²) in [6.45, 7) is 5.27. The molecule has 1 saturated heterocycles. The zero-order valence-electron chi connectivity index (χ0n) is 18.5. The summed E-state index contributed by atoms with van der Waals surface area (Å²) in [5, 5.41) is 2.00. The minimum Gasteiger partial charge on any atom is -0.444 e. The van der Waals surface area contributed by atoms with Crippen LogP contribution in [0.1, 0.15) is 38.1 Å². The number of thioether (sulfide) groups is 1. The Kier molecular flexibility index (Phi) is 7.15. The van der Waals surface area contributed by atoms with Gasteiger partial charge in [0.15, 0.2) is 5.65 Å². The van der Waals surface area contributed by atoms with E-state index in [0.717, 1.165) is 15.5 Å². The molecule has 7 nitrogen and oxygen atoms in total. The Morgan fingerprint density at radius 2 is 1.94 bits per heavy atom. The number of hydrogen-bond donors (Lipinski definition) is 1. The monoisotopic (exact) mass is 572 g/mol. The third-order valence-electron chi connectivity index (χ3n) is 4.88. The highest BCUT2D eigenvalue weighted by Gasteiger charge is 2.51. The molecule has 0 spiro atoms. The van der Waals surface area contributed by atoms with Gasteiger partial charge in [0.2, 0.25) is 0 Å². The van der Waals surface area contributed by atoms with E-state index >= 15 is 0 Å². The Balaban J connectivity index is 1.83. The van der Waals surface area contributed by atoms with E-state index in [-0.39, 0.29) is 27.3 Å². The number of carbonyl (C=O) groups is 2. The van der Waals surface area contributed by atoms with Crippen molar-refractivity contribution in [2.24, 2.45) is 5.92 Å². The van der Waals surface area contributed by atoms with Gasteiger partial charge in [-0.1, -0.05) is 6.92 Å². The third-order valence-corrected chi connectivity index (χ3v) is 6.05. The van der Waals surface area contributed by atoms with Crippen LogP contribution in [0.3, 0.4) is 0 Å². The topological polar surface area (TPSA) is 75.9 Å². The number of imidazole rings is 1. The van der Waals surface area contributed by atoms with E-state index in [1.54, 1.807) is 20.8 Å². The molecule has 2 aromatic rings. The molecule has 0 saturated carbocycles. The number of piperidine rings is 1. The highest BCUT2D eigenvalue weighted by Crippen LogP contribution is 2.38. The van der Waals surface area contributed by atoms with Crippen molar-refractivity contribution in [2.75, 3.05) is 13.1 Å². The van der Waals surface area contributed by atoms with Gasteiger partial charge in [-0.15, -0.1) is 0 Å². The first-order chi connectivity index (χ1) is 15.5. The van der Waals surface area contributed by atoms with Crippen LogP contribution in [0.15, 0.2) is 28.0 Å². The number of hydrogen-bond acceptors (Lipinski definition) is 5. The number of carbonyl (C=O) groups excluding carboxylic acids is 2. The number of amides is 2. The Labute approximate surface area is 204 Å². The summed E-state index contributed by atoms with van der Waals surface area (Å²) in [7, 11) is 0. The zero-order chi connectivity index (χ0) is 25.6. The molecular formula is C20H22BrF5N4O3S.